The lowest BCUT2D eigenvalue weighted by molar-refractivity contribution is 0.0291. The van der Waals surface area contributed by atoms with Gasteiger partial charge in [-0.05, 0) is 19.8 Å². The summed E-state index contributed by atoms with van der Waals surface area (Å²) in [6, 6.07) is 0. The Morgan fingerprint density at radius 3 is 1.40 bits per heavy atom. The molecule has 4 heteroatoms. The fourth-order valence-corrected chi connectivity index (χ4v) is 0.896. The van der Waals surface area contributed by atoms with Gasteiger partial charge in [0, 0.05) is 14.2 Å². The van der Waals surface area contributed by atoms with Crippen LogP contribution in [0.4, 0.5) is 0 Å². The van der Waals surface area contributed by atoms with Crippen LogP contribution in [0.2, 0.25) is 0 Å². The van der Waals surface area contributed by atoms with Gasteiger partial charge in [0.25, 0.3) is 0 Å². The van der Waals surface area contributed by atoms with Crippen LogP contribution < -0.4 is 0 Å². The van der Waals surface area contributed by atoms with E-state index in [1.165, 1.54) is 12.5 Å². The summed E-state index contributed by atoms with van der Waals surface area (Å²) < 4.78 is 18.9. The first-order chi connectivity index (χ1) is 8.57. The lowest BCUT2D eigenvalue weighted by Gasteiger charge is -2.16. The Bertz CT molecular complexity index is 149. The molecule has 126 valence electrons. The van der Waals surface area contributed by atoms with Crippen molar-refractivity contribution in [2.45, 2.75) is 53.8 Å². The number of ether oxygens (including phenoxy) is 4. The van der Waals surface area contributed by atoms with Gasteiger partial charge in [-0.3, -0.25) is 0 Å². The molecule has 0 heterocycles. The third-order valence-corrected chi connectivity index (χ3v) is 2.12. The molecule has 0 amide bonds. The van der Waals surface area contributed by atoms with Crippen LogP contribution in [0.5, 0.6) is 0 Å². The van der Waals surface area contributed by atoms with Gasteiger partial charge in [0.1, 0.15) is 0 Å². The fourth-order valence-electron chi connectivity index (χ4n) is 0.896. The Balaban J connectivity index is -0.0000000637. The molecular weight excluding hydrogens is 256 g/mol. The summed E-state index contributed by atoms with van der Waals surface area (Å²) in [6.45, 7) is 10.7. The van der Waals surface area contributed by atoms with Gasteiger partial charge in [-0.15, -0.1) is 0 Å². The fraction of sp³-hybridized carbons (Fsp3) is 0.750. The number of methoxy groups -OCH3 is 4. The summed E-state index contributed by atoms with van der Waals surface area (Å²) in [5, 5.41) is 0. The monoisotopic (exact) mass is 294 g/mol. The predicted molar refractivity (Wildman–Crippen MR) is 90.1 cm³/mol. The van der Waals surface area contributed by atoms with Gasteiger partial charge in [0.15, 0.2) is 0 Å². The topological polar surface area (TPSA) is 36.9 Å². The van der Waals surface area contributed by atoms with Gasteiger partial charge >= 0.3 is 0 Å². The van der Waals surface area contributed by atoms with E-state index in [1.54, 1.807) is 28.4 Å². The summed E-state index contributed by atoms with van der Waals surface area (Å²) in [6.07, 6.45) is 5.47. The number of hydrogen-bond donors (Lipinski definition) is 0. The van der Waals surface area contributed by atoms with Crippen molar-refractivity contribution in [3.63, 3.8) is 0 Å². The van der Waals surface area contributed by atoms with Crippen molar-refractivity contribution in [2.24, 2.45) is 0 Å². The first-order valence-electron chi connectivity index (χ1n) is 5.90. The highest BCUT2D eigenvalue weighted by Gasteiger charge is 2.08. The van der Waals surface area contributed by atoms with Crippen LogP contribution in [-0.4, -0.2) is 40.6 Å². The minimum Gasteiger partial charge on any atom is -0.505 e. The molecule has 0 saturated heterocycles. The van der Waals surface area contributed by atoms with Gasteiger partial charge in [-0.25, -0.2) is 0 Å². The van der Waals surface area contributed by atoms with Crippen LogP contribution in [0, 0.1) is 0 Å². The van der Waals surface area contributed by atoms with E-state index in [0.717, 1.165) is 12.8 Å². The van der Waals surface area contributed by atoms with Crippen LogP contribution in [0.15, 0.2) is 25.7 Å². The quantitative estimate of drug-likeness (QED) is 0.640. The van der Waals surface area contributed by atoms with E-state index in [9.17, 15) is 0 Å². The first-order valence-corrected chi connectivity index (χ1v) is 5.90. The minimum absolute atomic E-state index is 0. The Morgan fingerprint density at radius 1 is 0.900 bits per heavy atom. The second-order valence-electron chi connectivity index (χ2n) is 3.35. The van der Waals surface area contributed by atoms with Crippen molar-refractivity contribution in [3.05, 3.63) is 25.7 Å². The van der Waals surface area contributed by atoms with Crippen molar-refractivity contribution in [2.75, 3.05) is 28.4 Å². The molecule has 0 aromatic carbocycles. The van der Waals surface area contributed by atoms with Crippen molar-refractivity contribution >= 4 is 0 Å². The molecule has 0 N–H and O–H groups in total. The van der Waals surface area contributed by atoms with E-state index < -0.39 is 0 Å². The van der Waals surface area contributed by atoms with Crippen molar-refractivity contribution < 1.29 is 18.9 Å². The van der Waals surface area contributed by atoms with E-state index in [1.807, 2.05) is 0 Å². The highest BCUT2D eigenvalue weighted by atomic mass is 16.5. The maximum absolute atomic E-state index is 5.19. The summed E-state index contributed by atoms with van der Waals surface area (Å²) in [5.74, 6) is 0. The largest absolute Gasteiger partial charge is 0.505 e. The maximum Gasteiger partial charge on any atom is 0.0766 e. The SMILES string of the molecule is C.C.C=COC.C=COC.CCC(CC(C)OC)OC. The van der Waals surface area contributed by atoms with Gasteiger partial charge in [0.2, 0.25) is 0 Å². The highest BCUT2D eigenvalue weighted by Crippen LogP contribution is 2.07. The van der Waals surface area contributed by atoms with Crippen molar-refractivity contribution in [1.29, 1.82) is 0 Å². The molecule has 0 aliphatic carbocycles. The average molecular weight is 294 g/mol. The zero-order valence-electron chi connectivity index (χ0n) is 12.8. The first kappa shape index (κ1) is 31.4. The molecule has 0 aromatic heterocycles. The molecule has 0 rings (SSSR count). The lowest BCUT2D eigenvalue weighted by Crippen LogP contribution is -2.17. The third-order valence-electron chi connectivity index (χ3n) is 2.12. The molecule has 4 nitrogen and oxygen atoms in total. The van der Waals surface area contributed by atoms with Gasteiger partial charge in [0.05, 0.1) is 39.0 Å². The van der Waals surface area contributed by atoms with Crippen LogP contribution in [0.1, 0.15) is 41.5 Å². The average Bonchev–Trinajstić information content (AvgIpc) is 2.44. The second kappa shape index (κ2) is 30.8. The molecule has 0 bridgehead atoms. The normalized spacial score (nSPS) is 10.5. The van der Waals surface area contributed by atoms with E-state index >= 15 is 0 Å². The lowest BCUT2D eigenvalue weighted by atomic mass is 10.1. The summed E-state index contributed by atoms with van der Waals surface area (Å²) >= 11 is 0. The zero-order chi connectivity index (χ0) is 14.8. The van der Waals surface area contributed by atoms with E-state index in [0.29, 0.717) is 12.2 Å². The molecule has 0 aromatic rings. The molecule has 0 spiro atoms. The molecule has 0 aliphatic rings. The van der Waals surface area contributed by atoms with Crippen molar-refractivity contribution in [3.8, 4) is 0 Å². The van der Waals surface area contributed by atoms with Gasteiger partial charge < -0.3 is 18.9 Å². The summed E-state index contributed by atoms with van der Waals surface area (Å²) in [4.78, 5) is 0. The van der Waals surface area contributed by atoms with E-state index in [4.69, 9.17) is 9.47 Å². The molecule has 20 heavy (non-hydrogen) atoms. The Morgan fingerprint density at radius 2 is 1.25 bits per heavy atom. The molecule has 0 fully saturated rings. The number of rotatable bonds is 7. The molecule has 2 atom stereocenters. The van der Waals surface area contributed by atoms with E-state index in [-0.39, 0.29) is 14.9 Å². The van der Waals surface area contributed by atoms with Gasteiger partial charge in [-0.1, -0.05) is 34.9 Å². The molecule has 0 saturated carbocycles. The zero-order valence-corrected chi connectivity index (χ0v) is 12.8. The predicted octanol–water partition coefficient (Wildman–Crippen LogP) is 4.66. The standard InChI is InChI=1S/C8H18O2.2C3H6O.2CH4/c1-5-8(10-4)6-7(2)9-3;2*1-3-4-2;;/h7-8H,5-6H2,1-4H3;2*3H,1H2,2H3;2*1H4. The van der Waals surface area contributed by atoms with Crippen LogP contribution in [0.3, 0.4) is 0 Å². The van der Waals surface area contributed by atoms with Crippen LogP contribution >= 0.6 is 0 Å². The molecular formula is C16H38O4. The molecule has 0 radical (unpaired) electrons. The third kappa shape index (κ3) is 36.0. The Hall–Kier alpha value is -1.00. The van der Waals surface area contributed by atoms with E-state index in [2.05, 4.69) is 36.5 Å². The van der Waals surface area contributed by atoms with Crippen LogP contribution in [0.25, 0.3) is 0 Å². The summed E-state index contributed by atoms with van der Waals surface area (Å²) in [7, 11) is 6.60. The van der Waals surface area contributed by atoms with Crippen LogP contribution in [-0.2, 0) is 18.9 Å². The Kier molecular flexibility index (Phi) is 48.3. The maximum atomic E-state index is 5.19. The summed E-state index contributed by atoms with van der Waals surface area (Å²) in [5.41, 5.74) is 0. The number of hydrogen-bond acceptors (Lipinski definition) is 4. The molecule has 0 aliphatic heterocycles. The van der Waals surface area contributed by atoms with Crippen molar-refractivity contribution in [1.82, 2.24) is 0 Å². The highest BCUT2D eigenvalue weighted by molar-refractivity contribution is 4.59. The minimum atomic E-state index is 0. The Labute approximate surface area is 127 Å². The second-order valence-corrected chi connectivity index (χ2v) is 3.35. The smallest absolute Gasteiger partial charge is 0.0766 e. The van der Waals surface area contributed by atoms with Gasteiger partial charge in [-0.2, -0.15) is 0 Å². The molecule has 2 unspecified atom stereocenters.